The highest BCUT2D eigenvalue weighted by Crippen LogP contribution is 2.24. The van der Waals surface area contributed by atoms with Crippen LogP contribution >= 0.6 is 11.6 Å². The van der Waals surface area contributed by atoms with Crippen LogP contribution in [0, 0.1) is 0 Å². The quantitative estimate of drug-likeness (QED) is 0.608. The zero-order valence-corrected chi connectivity index (χ0v) is 17.3. The first kappa shape index (κ1) is 20.2. The molecule has 2 aromatic carbocycles. The first-order chi connectivity index (χ1) is 13.5. The molecule has 0 atom stereocenters. The zero-order chi connectivity index (χ0) is 20.1. The van der Waals surface area contributed by atoms with Gasteiger partial charge in [0.2, 0.25) is 0 Å². The van der Waals surface area contributed by atoms with Crippen molar-refractivity contribution in [1.29, 1.82) is 0 Å². The number of anilines is 2. The van der Waals surface area contributed by atoms with Gasteiger partial charge in [-0.05, 0) is 44.3 Å². The van der Waals surface area contributed by atoms with Crippen molar-refractivity contribution in [2.24, 2.45) is 0 Å². The molecule has 0 bridgehead atoms. The largest absolute Gasteiger partial charge is 0.383 e. The van der Waals surface area contributed by atoms with Crippen LogP contribution in [0.1, 0.15) is 5.56 Å². The molecule has 28 heavy (non-hydrogen) atoms. The number of aromatic nitrogens is 2. The third-order valence-corrected chi connectivity index (χ3v) is 5.02. The third kappa shape index (κ3) is 4.82. The Morgan fingerprint density at radius 3 is 2.64 bits per heavy atom. The number of likely N-dealkylation sites (N-methyl/N-ethyl adjacent to an activating group) is 2. The molecule has 1 heterocycles. The molecule has 2 N–H and O–H groups in total. The number of fused-ring (bicyclic) bond motifs is 1. The highest BCUT2D eigenvalue weighted by molar-refractivity contribution is 6.34. The summed E-state index contributed by atoms with van der Waals surface area (Å²) < 4.78 is 0. The second-order valence-corrected chi connectivity index (χ2v) is 7.50. The summed E-state index contributed by atoms with van der Waals surface area (Å²) in [5.41, 5.74) is 3.14. The number of halogens is 1. The molecule has 0 unspecified atom stereocenters. The maximum absolute atomic E-state index is 12.0. The van der Waals surface area contributed by atoms with E-state index in [0.29, 0.717) is 15.9 Å². The normalized spacial score (nSPS) is 11.2. The predicted molar refractivity (Wildman–Crippen MR) is 118 cm³/mol. The highest BCUT2D eigenvalue weighted by atomic mass is 35.5. The number of rotatable bonds is 8. The van der Waals surface area contributed by atoms with Gasteiger partial charge >= 0.3 is 0 Å². The van der Waals surface area contributed by atoms with Gasteiger partial charge in [0.25, 0.3) is 5.56 Å². The fourth-order valence-electron chi connectivity index (χ4n) is 3.10. The van der Waals surface area contributed by atoms with E-state index in [0.717, 1.165) is 37.3 Å². The predicted octanol–water partition coefficient (Wildman–Crippen LogP) is 3.23. The first-order valence-electron chi connectivity index (χ1n) is 9.31. The van der Waals surface area contributed by atoms with Crippen LogP contribution in [-0.2, 0) is 6.42 Å². The maximum atomic E-state index is 12.0. The Balaban J connectivity index is 1.68. The summed E-state index contributed by atoms with van der Waals surface area (Å²) >= 11 is 6.06. The molecular formula is C21H26ClN5O. The van der Waals surface area contributed by atoms with E-state index in [1.54, 1.807) is 0 Å². The minimum absolute atomic E-state index is 0.220. The number of nitrogens with one attached hydrogen (secondary N) is 2. The van der Waals surface area contributed by atoms with E-state index in [9.17, 15) is 4.79 Å². The summed E-state index contributed by atoms with van der Waals surface area (Å²) in [7, 11) is 6.27. The topological polar surface area (TPSA) is 64.3 Å². The molecule has 1 aromatic heterocycles. The summed E-state index contributed by atoms with van der Waals surface area (Å²) in [5.74, 6) is 0. The number of hydrogen-bond acceptors (Lipinski definition) is 5. The molecule has 0 amide bonds. The molecule has 0 spiro atoms. The van der Waals surface area contributed by atoms with Gasteiger partial charge in [0, 0.05) is 32.1 Å². The van der Waals surface area contributed by atoms with Crippen LogP contribution in [0.2, 0.25) is 5.15 Å². The molecule has 6 nitrogen and oxygen atoms in total. The minimum atomic E-state index is -0.220. The van der Waals surface area contributed by atoms with Crippen LogP contribution in [0.25, 0.3) is 10.8 Å². The second-order valence-electron chi connectivity index (χ2n) is 7.14. The Morgan fingerprint density at radius 2 is 1.86 bits per heavy atom. The van der Waals surface area contributed by atoms with E-state index >= 15 is 0 Å². The van der Waals surface area contributed by atoms with Crippen molar-refractivity contribution >= 4 is 33.7 Å². The van der Waals surface area contributed by atoms with E-state index in [1.165, 1.54) is 5.69 Å². The number of aromatic amines is 1. The van der Waals surface area contributed by atoms with Gasteiger partial charge in [-0.25, -0.2) is 5.10 Å². The molecule has 0 aliphatic rings. The van der Waals surface area contributed by atoms with Gasteiger partial charge in [-0.2, -0.15) is 5.10 Å². The molecule has 0 aliphatic heterocycles. The Morgan fingerprint density at radius 1 is 1.07 bits per heavy atom. The number of H-pyrrole nitrogens is 1. The number of benzene rings is 2. The molecule has 7 heteroatoms. The van der Waals surface area contributed by atoms with E-state index in [1.807, 2.05) is 24.3 Å². The lowest BCUT2D eigenvalue weighted by Crippen LogP contribution is -2.29. The fourth-order valence-corrected chi connectivity index (χ4v) is 3.31. The summed E-state index contributed by atoms with van der Waals surface area (Å²) in [6.45, 7) is 2.71. The molecule has 0 saturated heterocycles. The molecule has 148 valence electrons. The summed E-state index contributed by atoms with van der Waals surface area (Å²) in [6.07, 6.45) is 0.797. The first-order valence-corrected chi connectivity index (χ1v) is 9.69. The van der Waals surface area contributed by atoms with Gasteiger partial charge in [0.05, 0.1) is 16.8 Å². The smallest absolute Gasteiger partial charge is 0.272 e. The lowest BCUT2D eigenvalue weighted by Gasteiger charge is -2.24. The molecular weight excluding hydrogens is 374 g/mol. The Kier molecular flexibility index (Phi) is 6.54. The SMILES string of the molecule is CN(C)CCN(C)c1ccccc1NCCc1ccc2c(Cl)n[nH]c(=O)c2c1. The van der Waals surface area contributed by atoms with Gasteiger partial charge in [0.1, 0.15) is 0 Å². The molecule has 3 rings (SSSR count). The molecule has 0 fully saturated rings. The van der Waals surface area contributed by atoms with Gasteiger partial charge < -0.3 is 15.1 Å². The third-order valence-electron chi connectivity index (χ3n) is 4.73. The molecule has 0 radical (unpaired) electrons. The van der Waals surface area contributed by atoms with Crippen LogP contribution in [0.5, 0.6) is 0 Å². The van der Waals surface area contributed by atoms with Gasteiger partial charge in [-0.3, -0.25) is 4.79 Å². The molecule has 0 aliphatic carbocycles. The lowest BCUT2D eigenvalue weighted by molar-refractivity contribution is 0.416. The van der Waals surface area contributed by atoms with Crippen molar-refractivity contribution in [3.05, 3.63) is 63.5 Å². The minimum Gasteiger partial charge on any atom is -0.383 e. The van der Waals surface area contributed by atoms with Crippen molar-refractivity contribution in [2.45, 2.75) is 6.42 Å². The van der Waals surface area contributed by atoms with E-state index in [4.69, 9.17) is 11.6 Å². The summed E-state index contributed by atoms with van der Waals surface area (Å²) in [5, 5.41) is 11.3. The van der Waals surface area contributed by atoms with Crippen molar-refractivity contribution in [2.75, 3.05) is 51.0 Å². The van der Waals surface area contributed by atoms with E-state index in [2.05, 4.69) is 64.7 Å². The van der Waals surface area contributed by atoms with Crippen molar-refractivity contribution in [1.82, 2.24) is 15.1 Å². The standard InChI is InChI=1S/C21H26ClN5O/c1-26(2)12-13-27(3)19-7-5-4-6-18(19)23-11-10-15-8-9-16-17(14-15)21(28)25-24-20(16)22/h4-9,14,23H,10-13H2,1-3H3,(H,25,28). The Hall–Kier alpha value is -2.57. The molecule has 3 aromatic rings. The maximum Gasteiger partial charge on any atom is 0.272 e. The summed E-state index contributed by atoms with van der Waals surface area (Å²) in [6, 6.07) is 14.1. The van der Waals surface area contributed by atoms with Crippen LogP contribution in [-0.4, -0.2) is 55.9 Å². The van der Waals surface area contributed by atoms with Gasteiger partial charge in [-0.1, -0.05) is 35.9 Å². The number of hydrogen-bond donors (Lipinski definition) is 2. The molecule has 0 saturated carbocycles. The average Bonchev–Trinajstić information content (AvgIpc) is 2.69. The summed E-state index contributed by atoms with van der Waals surface area (Å²) in [4.78, 5) is 16.4. The van der Waals surface area contributed by atoms with Crippen molar-refractivity contribution in [3.8, 4) is 0 Å². The number of nitrogens with zero attached hydrogens (tertiary/aromatic N) is 3. The number of para-hydroxylation sites is 2. The Bertz CT molecular complexity index is 1000. The van der Waals surface area contributed by atoms with E-state index < -0.39 is 0 Å². The average molecular weight is 400 g/mol. The fraction of sp³-hybridized carbons (Fsp3) is 0.333. The van der Waals surface area contributed by atoms with Gasteiger partial charge in [-0.15, -0.1) is 0 Å². The Labute approximate surface area is 170 Å². The lowest BCUT2D eigenvalue weighted by atomic mass is 10.1. The van der Waals surface area contributed by atoms with E-state index in [-0.39, 0.29) is 5.56 Å². The van der Waals surface area contributed by atoms with Crippen molar-refractivity contribution < 1.29 is 0 Å². The highest BCUT2D eigenvalue weighted by Gasteiger charge is 2.08. The van der Waals surface area contributed by atoms with Crippen LogP contribution in [0.15, 0.2) is 47.3 Å². The second kappa shape index (κ2) is 9.08. The van der Waals surface area contributed by atoms with Crippen LogP contribution in [0.4, 0.5) is 11.4 Å². The monoisotopic (exact) mass is 399 g/mol. The van der Waals surface area contributed by atoms with Crippen LogP contribution in [0.3, 0.4) is 0 Å². The van der Waals surface area contributed by atoms with Crippen molar-refractivity contribution in [3.63, 3.8) is 0 Å². The zero-order valence-electron chi connectivity index (χ0n) is 16.5. The van der Waals surface area contributed by atoms with Gasteiger partial charge in [0.15, 0.2) is 5.15 Å². The van der Waals surface area contributed by atoms with Crippen LogP contribution < -0.4 is 15.8 Å².